The molecule has 0 fully saturated rings. The first kappa shape index (κ1) is 20.7. The van der Waals surface area contributed by atoms with Crippen molar-refractivity contribution >= 4 is 17.4 Å². The fourth-order valence-electron chi connectivity index (χ4n) is 3.18. The first-order valence-electron chi connectivity index (χ1n) is 8.83. The van der Waals surface area contributed by atoms with Crippen LogP contribution in [0.5, 0.6) is 5.88 Å². The summed E-state index contributed by atoms with van der Waals surface area (Å²) in [5.74, 6) is 0.666. The molecule has 0 aromatic carbocycles. The average molecular weight is 419 g/mol. The second-order valence-electron chi connectivity index (χ2n) is 6.34. The van der Waals surface area contributed by atoms with Gasteiger partial charge >= 0.3 is 0 Å². The molecule has 10 heteroatoms. The van der Waals surface area contributed by atoms with E-state index in [1.54, 1.807) is 12.1 Å². The minimum atomic E-state index is -2.56. The fourth-order valence-corrected chi connectivity index (χ4v) is 3.42. The largest absolute Gasteiger partial charge is 0.472 e. The molecule has 1 N–H and O–H groups in total. The van der Waals surface area contributed by atoms with Gasteiger partial charge in [0.1, 0.15) is 23.6 Å². The molecule has 0 radical (unpaired) electrons. The van der Waals surface area contributed by atoms with Crippen molar-refractivity contribution in [2.24, 2.45) is 0 Å². The number of hydrogen-bond donors (Lipinski definition) is 1. The van der Waals surface area contributed by atoms with Crippen molar-refractivity contribution in [1.82, 2.24) is 14.9 Å². The van der Waals surface area contributed by atoms with E-state index < -0.39 is 13.0 Å². The van der Waals surface area contributed by atoms with Crippen molar-refractivity contribution in [1.29, 1.82) is 10.5 Å². The van der Waals surface area contributed by atoms with E-state index >= 15 is 0 Å². The molecular weight excluding hydrogens is 402 g/mol. The molecule has 7 nitrogen and oxygen atoms in total. The van der Waals surface area contributed by atoms with Gasteiger partial charge in [0.15, 0.2) is 6.61 Å². The molecular formula is C19H17ClF2N6O. The van der Waals surface area contributed by atoms with Crippen molar-refractivity contribution in [3.63, 3.8) is 0 Å². The fraction of sp³-hybridized carbons (Fsp3) is 0.368. The summed E-state index contributed by atoms with van der Waals surface area (Å²) in [6, 6.07) is 9.12. The molecule has 0 spiro atoms. The molecule has 0 bridgehead atoms. The zero-order valence-corrected chi connectivity index (χ0v) is 16.1. The quantitative estimate of drug-likeness (QED) is 0.544. The lowest BCUT2D eigenvalue weighted by Gasteiger charge is -2.30. The number of nitrogens with zero attached hydrogens (tertiary/aromatic N) is 5. The molecule has 1 aliphatic heterocycles. The van der Waals surface area contributed by atoms with Crippen LogP contribution in [0.15, 0.2) is 18.2 Å². The van der Waals surface area contributed by atoms with Gasteiger partial charge in [0, 0.05) is 31.3 Å². The topological polar surface area (TPSA) is 97.9 Å². The number of aromatic nitrogens is 2. The van der Waals surface area contributed by atoms with E-state index in [1.807, 2.05) is 6.07 Å². The minimum Gasteiger partial charge on any atom is -0.472 e. The van der Waals surface area contributed by atoms with Gasteiger partial charge in [-0.1, -0.05) is 17.7 Å². The predicted octanol–water partition coefficient (Wildman–Crippen LogP) is 3.14. The Morgan fingerprint density at radius 3 is 2.83 bits per heavy atom. The highest BCUT2D eigenvalue weighted by Crippen LogP contribution is 2.32. The number of alkyl halides is 2. The first-order chi connectivity index (χ1) is 14.0. The molecule has 3 heterocycles. The summed E-state index contributed by atoms with van der Waals surface area (Å²) in [4.78, 5) is 10.6. The number of nitriles is 2. The van der Waals surface area contributed by atoms with Crippen LogP contribution >= 0.6 is 11.6 Å². The number of fused-ring (bicyclic) bond motifs is 1. The molecule has 0 saturated heterocycles. The summed E-state index contributed by atoms with van der Waals surface area (Å²) < 4.78 is 29.6. The van der Waals surface area contributed by atoms with Gasteiger partial charge in [-0.2, -0.15) is 10.5 Å². The Labute approximate surface area is 171 Å². The number of halogens is 3. The lowest BCUT2D eigenvalue weighted by atomic mass is 9.96. The van der Waals surface area contributed by atoms with Crippen molar-refractivity contribution in [3.8, 4) is 18.0 Å². The smallest absolute Gasteiger partial charge is 0.272 e. The Kier molecular flexibility index (Phi) is 6.76. The van der Waals surface area contributed by atoms with E-state index in [0.29, 0.717) is 43.1 Å². The number of ether oxygens (including phenoxy) is 1. The van der Waals surface area contributed by atoms with Crippen molar-refractivity contribution in [2.45, 2.75) is 25.9 Å². The van der Waals surface area contributed by atoms with Gasteiger partial charge in [-0.05, 0) is 18.1 Å². The van der Waals surface area contributed by atoms with Gasteiger partial charge in [0.05, 0.1) is 17.3 Å². The highest BCUT2D eigenvalue weighted by atomic mass is 35.5. The molecule has 0 atom stereocenters. The lowest BCUT2D eigenvalue weighted by molar-refractivity contribution is 0.0793. The maximum Gasteiger partial charge on any atom is 0.272 e. The number of hydrogen-bond acceptors (Lipinski definition) is 7. The van der Waals surface area contributed by atoms with Crippen LogP contribution in [0.3, 0.4) is 0 Å². The summed E-state index contributed by atoms with van der Waals surface area (Å²) in [7, 11) is 0. The highest BCUT2D eigenvalue weighted by molar-refractivity contribution is 6.30. The van der Waals surface area contributed by atoms with E-state index in [0.717, 1.165) is 11.1 Å². The van der Waals surface area contributed by atoms with Crippen molar-refractivity contribution in [3.05, 3.63) is 45.7 Å². The molecule has 0 aliphatic carbocycles. The average Bonchev–Trinajstić information content (AvgIpc) is 2.70. The van der Waals surface area contributed by atoms with Gasteiger partial charge in [-0.25, -0.2) is 18.7 Å². The Balaban J connectivity index is 1.79. The number of pyridine rings is 2. The lowest BCUT2D eigenvalue weighted by Crippen LogP contribution is -2.32. The Morgan fingerprint density at radius 2 is 2.10 bits per heavy atom. The standard InChI is InChI=1S/C19H17ClF2N6O/c20-18-14(8-24)15-10-28(7-4-13(15)19(27-18)25-6-5-23)9-12-2-1-3-17(26-12)29-11-16(21)22/h1-3,16H,4,6-7,9-11H2,(H,25,27). The van der Waals surface area contributed by atoms with Gasteiger partial charge < -0.3 is 10.1 Å². The molecule has 1 aliphatic rings. The minimum absolute atomic E-state index is 0.0840. The van der Waals surface area contributed by atoms with Crippen LogP contribution in [0.1, 0.15) is 22.4 Å². The van der Waals surface area contributed by atoms with Gasteiger partial charge in [0.25, 0.3) is 6.43 Å². The Morgan fingerprint density at radius 1 is 1.28 bits per heavy atom. The van der Waals surface area contributed by atoms with E-state index in [2.05, 4.69) is 26.3 Å². The van der Waals surface area contributed by atoms with Crippen molar-refractivity contribution in [2.75, 3.05) is 25.0 Å². The molecule has 3 rings (SSSR count). The second-order valence-corrected chi connectivity index (χ2v) is 6.69. The molecule has 0 amide bonds. The predicted molar refractivity (Wildman–Crippen MR) is 102 cm³/mol. The summed E-state index contributed by atoms with van der Waals surface area (Å²) in [5, 5.41) is 21.3. The molecule has 0 unspecified atom stereocenters. The van der Waals surface area contributed by atoms with E-state index in [1.165, 1.54) is 6.07 Å². The second kappa shape index (κ2) is 9.46. The van der Waals surface area contributed by atoms with Crippen LogP contribution in [0.4, 0.5) is 14.6 Å². The van der Waals surface area contributed by atoms with Crippen LogP contribution in [-0.4, -0.2) is 41.0 Å². The van der Waals surface area contributed by atoms with Crippen LogP contribution in [0.25, 0.3) is 0 Å². The number of anilines is 1. The van der Waals surface area contributed by atoms with Gasteiger partial charge in [-0.3, -0.25) is 4.90 Å². The van der Waals surface area contributed by atoms with E-state index in [9.17, 15) is 14.0 Å². The third-order valence-electron chi connectivity index (χ3n) is 4.40. The molecule has 2 aromatic heterocycles. The summed E-state index contributed by atoms with van der Waals surface area (Å²) in [5.41, 5.74) is 2.63. The zero-order chi connectivity index (χ0) is 20.8. The van der Waals surface area contributed by atoms with E-state index in [4.69, 9.17) is 21.6 Å². The van der Waals surface area contributed by atoms with Crippen LogP contribution in [0.2, 0.25) is 5.15 Å². The molecule has 0 saturated carbocycles. The highest BCUT2D eigenvalue weighted by Gasteiger charge is 2.25. The van der Waals surface area contributed by atoms with Crippen LogP contribution in [0, 0.1) is 22.7 Å². The SMILES string of the molecule is N#CCNc1nc(Cl)c(C#N)c2c1CCN(Cc1cccc(OCC(F)F)n1)C2. The first-order valence-corrected chi connectivity index (χ1v) is 9.21. The normalized spacial score (nSPS) is 13.4. The molecule has 29 heavy (non-hydrogen) atoms. The maximum atomic E-state index is 12.3. The monoisotopic (exact) mass is 418 g/mol. The maximum absolute atomic E-state index is 12.3. The summed E-state index contributed by atoms with van der Waals surface area (Å²) in [6.45, 7) is 0.957. The Bertz CT molecular complexity index is 972. The molecule has 150 valence electrons. The number of rotatable bonds is 7. The summed E-state index contributed by atoms with van der Waals surface area (Å²) >= 11 is 6.17. The summed E-state index contributed by atoms with van der Waals surface area (Å²) in [6.07, 6.45) is -1.95. The van der Waals surface area contributed by atoms with Crippen LogP contribution in [-0.2, 0) is 19.5 Å². The van der Waals surface area contributed by atoms with Gasteiger partial charge in [-0.15, -0.1) is 0 Å². The number of nitrogens with one attached hydrogen (secondary N) is 1. The third kappa shape index (κ3) is 5.08. The molecule has 2 aromatic rings. The zero-order valence-electron chi connectivity index (χ0n) is 15.3. The Hall–Kier alpha value is -3.01. The third-order valence-corrected chi connectivity index (χ3v) is 4.67. The van der Waals surface area contributed by atoms with Crippen molar-refractivity contribution < 1.29 is 13.5 Å². The van der Waals surface area contributed by atoms with E-state index in [-0.39, 0.29) is 17.6 Å². The van der Waals surface area contributed by atoms with Crippen LogP contribution < -0.4 is 10.1 Å². The van der Waals surface area contributed by atoms with Gasteiger partial charge in [0.2, 0.25) is 5.88 Å².